The number of rotatable bonds is 6. The first-order chi connectivity index (χ1) is 15.3. The van der Waals surface area contributed by atoms with Crippen LogP contribution in [0.1, 0.15) is 29.8 Å². The van der Waals surface area contributed by atoms with Crippen LogP contribution >= 0.6 is 0 Å². The van der Waals surface area contributed by atoms with E-state index in [1.165, 1.54) is 12.1 Å². The molecule has 0 spiro atoms. The number of carbonyl (C=O) groups excluding carboxylic acids is 1. The Hall–Kier alpha value is -3.73. The fraction of sp³-hybridized carbons (Fsp3) is 0.227. The van der Waals surface area contributed by atoms with Crippen LogP contribution in [0.15, 0.2) is 59.8 Å². The fourth-order valence-electron chi connectivity index (χ4n) is 2.86. The molecule has 0 saturated carbocycles. The maximum absolute atomic E-state index is 13.6. The topological polar surface area (TPSA) is 93.5 Å². The number of alkyl halides is 3. The van der Waals surface area contributed by atoms with Gasteiger partial charge in [-0.1, -0.05) is 12.1 Å². The van der Waals surface area contributed by atoms with Gasteiger partial charge in [0.1, 0.15) is 23.5 Å². The standard InChI is InChI=1S/C22H19F4N3O4/c1-21(2,32)13-3-6-15(7-4-13)28-19(30)16-10-27-12-29(20(16)31)17-8-5-14(23)9-18(17)33-11-22(24,25)26/h3-10,12,32H,11H2,1-2H3,(H,28,30). The summed E-state index contributed by atoms with van der Waals surface area (Å²) in [6, 6.07) is 8.93. The highest BCUT2D eigenvalue weighted by Crippen LogP contribution is 2.26. The summed E-state index contributed by atoms with van der Waals surface area (Å²) in [5, 5.41) is 12.5. The number of nitrogens with one attached hydrogen (secondary N) is 1. The van der Waals surface area contributed by atoms with Crippen LogP contribution in [-0.4, -0.2) is 33.3 Å². The van der Waals surface area contributed by atoms with Crippen LogP contribution in [0, 0.1) is 5.82 Å². The number of amides is 1. The van der Waals surface area contributed by atoms with E-state index in [1.807, 2.05) is 0 Å². The van der Waals surface area contributed by atoms with Crippen molar-refractivity contribution in [1.82, 2.24) is 9.55 Å². The molecule has 0 aliphatic heterocycles. The van der Waals surface area contributed by atoms with E-state index in [-0.39, 0.29) is 5.69 Å². The zero-order chi connectivity index (χ0) is 24.4. The van der Waals surface area contributed by atoms with Crippen LogP contribution < -0.4 is 15.6 Å². The second-order valence-corrected chi connectivity index (χ2v) is 7.59. The Balaban J connectivity index is 1.91. The number of hydrogen-bond donors (Lipinski definition) is 2. The number of anilines is 1. The lowest BCUT2D eigenvalue weighted by Crippen LogP contribution is -2.29. The first-order valence-corrected chi connectivity index (χ1v) is 9.55. The van der Waals surface area contributed by atoms with Crippen molar-refractivity contribution in [3.8, 4) is 11.4 Å². The number of carbonyl (C=O) groups is 1. The van der Waals surface area contributed by atoms with Gasteiger partial charge in [0.05, 0.1) is 11.3 Å². The molecule has 2 N–H and O–H groups in total. The van der Waals surface area contributed by atoms with Crippen molar-refractivity contribution < 1.29 is 32.2 Å². The SMILES string of the molecule is CC(C)(O)c1ccc(NC(=O)c2cncn(-c3ccc(F)cc3OCC(F)(F)F)c2=O)cc1. The molecule has 0 fully saturated rings. The molecule has 0 bridgehead atoms. The average Bonchev–Trinajstić information content (AvgIpc) is 2.72. The summed E-state index contributed by atoms with van der Waals surface area (Å²) in [5.74, 6) is -2.24. The lowest BCUT2D eigenvalue weighted by atomic mass is 9.98. The molecule has 2 aromatic carbocycles. The van der Waals surface area contributed by atoms with Gasteiger partial charge in [-0.2, -0.15) is 13.2 Å². The van der Waals surface area contributed by atoms with E-state index in [0.717, 1.165) is 29.2 Å². The first kappa shape index (κ1) is 23.9. The van der Waals surface area contributed by atoms with Gasteiger partial charge in [-0.3, -0.25) is 14.2 Å². The van der Waals surface area contributed by atoms with Crippen molar-refractivity contribution in [2.75, 3.05) is 11.9 Å². The maximum Gasteiger partial charge on any atom is 0.422 e. The van der Waals surface area contributed by atoms with E-state index >= 15 is 0 Å². The molecule has 0 saturated heterocycles. The highest BCUT2D eigenvalue weighted by atomic mass is 19.4. The number of ether oxygens (including phenoxy) is 1. The van der Waals surface area contributed by atoms with Gasteiger partial charge in [-0.25, -0.2) is 9.37 Å². The number of aromatic nitrogens is 2. The molecule has 0 aliphatic rings. The Morgan fingerprint density at radius 1 is 1.15 bits per heavy atom. The van der Waals surface area contributed by atoms with Crippen molar-refractivity contribution >= 4 is 11.6 Å². The van der Waals surface area contributed by atoms with Gasteiger partial charge in [0.15, 0.2) is 6.61 Å². The molecule has 1 amide bonds. The molecule has 174 valence electrons. The second-order valence-electron chi connectivity index (χ2n) is 7.59. The fourth-order valence-corrected chi connectivity index (χ4v) is 2.86. The Labute approximate surface area is 185 Å². The lowest BCUT2D eigenvalue weighted by molar-refractivity contribution is -0.153. The zero-order valence-corrected chi connectivity index (χ0v) is 17.5. The van der Waals surface area contributed by atoms with Gasteiger partial charge in [0.25, 0.3) is 11.5 Å². The molecule has 11 heteroatoms. The minimum Gasteiger partial charge on any atom is -0.482 e. The highest BCUT2D eigenvalue weighted by Gasteiger charge is 2.29. The molecule has 33 heavy (non-hydrogen) atoms. The normalized spacial score (nSPS) is 11.8. The van der Waals surface area contributed by atoms with Crippen molar-refractivity contribution in [2.24, 2.45) is 0 Å². The predicted molar refractivity (Wildman–Crippen MR) is 111 cm³/mol. The molecule has 0 aliphatic carbocycles. The number of halogens is 4. The molecule has 1 aromatic heterocycles. The van der Waals surface area contributed by atoms with Crippen molar-refractivity contribution in [2.45, 2.75) is 25.6 Å². The molecule has 3 aromatic rings. The number of nitrogens with zero attached hydrogens (tertiary/aromatic N) is 2. The van der Waals surface area contributed by atoms with E-state index < -0.39 is 47.0 Å². The van der Waals surface area contributed by atoms with Gasteiger partial charge >= 0.3 is 6.18 Å². The summed E-state index contributed by atoms with van der Waals surface area (Å²) < 4.78 is 56.7. The number of aliphatic hydroxyl groups is 1. The third kappa shape index (κ3) is 5.95. The van der Waals surface area contributed by atoms with Crippen LogP contribution in [0.25, 0.3) is 5.69 Å². The molecular formula is C22H19F4N3O4. The molecule has 3 rings (SSSR count). The van der Waals surface area contributed by atoms with Gasteiger partial charge in [-0.05, 0) is 43.7 Å². The van der Waals surface area contributed by atoms with Crippen LogP contribution in [0.4, 0.5) is 23.2 Å². The Morgan fingerprint density at radius 2 is 1.82 bits per heavy atom. The molecule has 7 nitrogen and oxygen atoms in total. The summed E-state index contributed by atoms with van der Waals surface area (Å²) in [6.07, 6.45) is -2.71. The minimum atomic E-state index is -4.69. The molecular weight excluding hydrogens is 446 g/mol. The van der Waals surface area contributed by atoms with Gasteiger partial charge in [0.2, 0.25) is 0 Å². The van der Waals surface area contributed by atoms with E-state index in [2.05, 4.69) is 15.0 Å². The van der Waals surface area contributed by atoms with Gasteiger partial charge < -0.3 is 15.2 Å². The number of benzene rings is 2. The monoisotopic (exact) mass is 465 g/mol. The quantitative estimate of drug-likeness (QED) is 0.541. The van der Waals surface area contributed by atoms with E-state index in [1.54, 1.807) is 26.0 Å². The Morgan fingerprint density at radius 3 is 2.42 bits per heavy atom. The Kier molecular flexibility index (Phi) is 6.54. The van der Waals surface area contributed by atoms with E-state index in [4.69, 9.17) is 0 Å². The molecule has 0 unspecified atom stereocenters. The molecule has 0 radical (unpaired) electrons. The van der Waals surface area contributed by atoms with E-state index in [9.17, 15) is 32.3 Å². The van der Waals surface area contributed by atoms with Crippen LogP contribution in [0.3, 0.4) is 0 Å². The predicted octanol–water partition coefficient (Wildman–Crippen LogP) is 3.79. The van der Waals surface area contributed by atoms with Crippen LogP contribution in [0.5, 0.6) is 5.75 Å². The molecule has 0 atom stereocenters. The van der Waals surface area contributed by atoms with Crippen molar-refractivity contribution in [3.63, 3.8) is 0 Å². The average molecular weight is 465 g/mol. The largest absolute Gasteiger partial charge is 0.482 e. The smallest absolute Gasteiger partial charge is 0.422 e. The minimum absolute atomic E-state index is 0.220. The zero-order valence-electron chi connectivity index (χ0n) is 17.5. The maximum atomic E-state index is 13.6. The third-order valence-corrected chi connectivity index (χ3v) is 4.50. The summed E-state index contributed by atoms with van der Waals surface area (Å²) in [4.78, 5) is 29.3. The first-order valence-electron chi connectivity index (χ1n) is 9.55. The van der Waals surface area contributed by atoms with Crippen molar-refractivity contribution in [1.29, 1.82) is 0 Å². The highest BCUT2D eigenvalue weighted by molar-refractivity contribution is 6.03. The van der Waals surface area contributed by atoms with Crippen molar-refractivity contribution in [3.05, 3.63) is 82.3 Å². The second kappa shape index (κ2) is 9.02. The van der Waals surface area contributed by atoms with Gasteiger partial charge in [0, 0.05) is 18.0 Å². The summed E-state index contributed by atoms with van der Waals surface area (Å²) in [6.45, 7) is 1.49. The molecule has 1 heterocycles. The summed E-state index contributed by atoms with van der Waals surface area (Å²) >= 11 is 0. The third-order valence-electron chi connectivity index (χ3n) is 4.50. The summed E-state index contributed by atoms with van der Waals surface area (Å²) in [7, 11) is 0. The van der Waals surface area contributed by atoms with E-state index in [0.29, 0.717) is 17.3 Å². The summed E-state index contributed by atoms with van der Waals surface area (Å²) in [5.41, 5.74) is -1.68. The Bertz CT molecular complexity index is 1220. The van der Waals surface area contributed by atoms with Crippen LogP contribution in [-0.2, 0) is 5.60 Å². The number of hydrogen-bond acceptors (Lipinski definition) is 5. The van der Waals surface area contributed by atoms with Crippen LogP contribution in [0.2, 0.25) is 0 Å². The lowest BCUT2D eigenvalue weighted by Gasteiger charge is -2.18. The van der Waals surface area contributed by atoms with Gasteiger partial charge in [-0.15, -0.1) is 0 Å².